The first-order valence-electron chi connectivity index (χ1n) is 5.28. The largest absolute Gasteiger partial charge is 0.384 e. The van der Waals surface area contributed by atoms with Crippen LogP contribution in [0.1, 0.15) is 11.3 Å². The summed E-state index contributed by atoms with van der Waals surface area (Å²) in [6, 6.07) is 3.72. The molecule has 0 fully saturated rings. The van der Waals surface area contributed by atoms with E-state index < -0.39 is 11.6 Å². The minimum absolute atomic E-state index is 0.00418. The molecule has 0 atom stereocenters. The maximum absolute atomic E-state index is 13.8. The van der Waals surface area contributed by atoms with Crippen molar-refractivity contribution in [3.8, 4) is 0 Å². The lowest BCUT2D eigenvalue weighted by Gasteiger charge is -2.06. The highest BCUT2D eigenvalue weighted by atomic mass is 32.2. The topological polar surface area (TPSA) is 75.7 Å². The van der Waals surface area contributed by atoms with Gasteiger partial charge in [-0.1, -0.05) is 0 Å². The number of benzene rings is 1. The molecule has 0 spiro atoms. The number of hydrogen-bond donors (Lipinski definition) is 2. The minimum atomic E-state index is -0.791. The van der Waals surface area contributed by atoms with Crippen molar-refractivity contribution in [1.82, 2.24) is 9.97 Å². The molecular formula is C12H10F2N4S. The van der Waals surface area contributed by atoms with E-state index in [1.165, 1.54) is 6.20 Å². The van der Waals surface area contributed by atoms with Gasteiger partial charge in [0.15, 0.2) is 5.16 Å². The van der Waals surface area contributed by atoms with Crippen LogP contribution in [0.25, 0.3) is 0 Å². The highest BCUT2D eigenvalue weighted by Crippen LogP contribution is 2.30. The Hall–Kier alpha value is -2.02. The number of halogens is 2. The Bertz CT molecular complexity index is 622. The maximum atomic E-state index is 13.8. The van der Waals surface area contributed by atoms with Crippen molar-refractivity contribution in [3.63, 3.8) is 0 Å². The van der Waals surface area contributed by atoms with E-state index in [4.69, 9.17) is 11.1 Å². The van der Waals surface area contributed by atoms with Gasteiger partial charge < -0.3 is 5.73 Å². The zero-order valence-corrected chi connectivity index (χ0v) is 10.8. The van der Waals surface area contributed by atoms with Gasteiger partial charge in [0.05, 0.1) is 4.90 Å². The van der Waals surface area contributed by atoms with Gasteiger partial charge in [-0.2, -0.15) is 0 Å². The normalized spacial score (nSPS) is 10.5. The molecule has 19 heavy (non-hydrogen) atoms. The van der Waals surface area contributed by atoms with E-state index in [-0.39, 0.29) is 21.5 Å². The summed E-state index contributed by atoms with van der Waals surface area (Å²) in [6.45, 7) is 1.76. The van der Waals surface area contributed by atoms with Crippen molar-refractivity contribution < 1.29 is 8.78 Å². The zero-order valence-electron chi connectivity index (χ0n) is 9.95. The quantitative estimate of drug-likeness (QED) is 0.514. The molecule has 0 amide bonds. The van der Waals surface area contributed by atoms with E-state index in [0.717, 1.165) is 23.9 Å². The molecule has 1 aromatic heterocycles. The lowest BCUT2D eigenvalue weighted by atomic mass is 10.2. The van der Waals surface area contributed by atoms with Gasteiger partial charge >= 0.3 is 0 Å². The Morgan fingerprint density at radius 3 is 2.47 bits per heavy atom. The van der Waals surface area contributed by atoms with E-state index in [1.54, 1.807) is 13.0 Å². The first-order chi connectivity index (χ1) is 8.97. The third kappa shape index (κ3) is 3.05. The van der Waals surface area contributed by atoms with E-state index in [0.29, 0.717) is 5.69 Å². The number of nitrogen functional groups attached to an aromatic ring is 1. The summed E-state index contributed by atoms with van der Waals surface area (Å²) in [5.74, 6) is -1.97. The highest BCUT2D eigenvalue weighted by Gasteiger charge is 2.15. The van der Waals surface area contributed by atoms with Crippen LogP contribution >= 0.6 is 11.8 Å². The van der Waals surface area contributed by atoms with Crippen molar-refractivity contribution in [2.24, 2.45) is 5.73 Å². The fraction of sp³-hybridized carbons (Fsp3) is 0.0833. The molecule has 0 saturated heterocycles. The van der Waals surface area contributed by atoms with Gasteiger partial charge in [0.1, 0.15) is 17.5 Å². The molecule has 1 heterocycles. The van der Waals surface area contributed by atoms with Crippen LogP contribution < -0.4 is 5.73 Å². The van der Waals surface area contributed by atoms with Crippen molar-refractivity contribution in [2.75, 3.05) is 0 Å². The maximum Gasteiger partial charge on any atom is 0.192 e. The summed E-state index contributed by atoms with van der Waals surface area (Å²) < 4.78 is 27.6. The van der Waals surface area contributed by atoms with E-state index in [1.807, 2.05) is 0 Å². The number of nitrogens with one attached hydrogen (secondary N) is 1. The molecule has 0 radical (unpaired) electrons. The second kappa shape index (κ2) is 5.31. The number of nitrogens with two attached hydrogens (primary N) is 1. The summed E-state index contributed by atoms with van der Waals surface area (Å²) in [7, 11) is 0. The van der Waals surface area contributed by atoms with Gasteiger partial charge in [-0.3, -0.25) is 5.41 Å². The third-order valence-electron chi connectivity index (χ3n) is 2.28. The summed E-state index contributed by atoms with van der Waals surface area (Å²) in [6.07, 6.45) is 1.52. The van der Waals surface area contributed by atoms with E-state index in [2.05, 4.69) is 9.97 Å². The Kier molecular flexibility index (Phi) is 3.75. The van der Waals surface area contributed by atoms with Gasteiger partial charge in [-0.15, -0.1) is 0 Å². The van der Waals surface area contributed by atoms with Crippen LogP contribution in [-0.4, -0.2) is 15.8 Å². The van der Waals surface area contributed by atoms with Crippen LogP contribution in [0, 0.1) is 24.0 Å². The number of hydrogen-bond acceptors (Lipinski definition) is 4. The van der Waals surface area contributed by atoms with E-state index in [9.17, 15) is 8.78 Å². The molecule has 0 bridgehead atoms. The number of amidine groups is 1. The third-order valence-corrected chi connectivity index (χ3v) is 3.25. The molecule has 1 aromatic carbocycles. The monoisotopic (exact) mass is 280 g/mol. The molecule has 0 aliphatic heterocycles. The number of rotatable bonds is 3. The molecule has 0 aliphatic carbocycles. The average Bonchev–Trinajstić information content (AvgIpc) is 2.33. The van der Waals surface area contributed by atoms with Gasteiger partial charge in [-0.05, 0) is 36.9 Å². The van der Waals surface area contributed by atoms with Crippen LogP contribution in [0.2, 0.25) is 0 Å². The van der Waals surface area contributed by atoms with Gasteiger partial charge in [0.2, 0.25) is 0 Å². The highest BCUT2D eigenvalue weighted by molar-refractivity contribution is 7.99. The first-order valence-corrected chi connectivity index (χ1v) is 6.10. The second-order valence-corrected chi connectivity index (χ2v) is 4.74. The van der Waals surface area contributed by atoms with Crippen LogP contribution in [0.5, 0.6) is 0 Å². The van der Waals surface area contributed by atoms with Crippen molar-refractivity contribution in [1.29, 1.82) is 5.41 Å². The van der Waals surface area contributed by atoms with Crippen molar-refractivity contribution >= 4 is 17.6 Å². The van der Waals surface area contributed by atoms with Gasteiger partial charge in [0.25, 0.3) is 0 Å². The number of aromatic nitrogens is 2. The van der Waals surface area contributed by atoms with Crippen molar-refractivity contribution in [2.45, 2.75) is 17.0 Å². The predicted octanol–water partition coefficient (Wildman–Crippen LogP) is 2.50. The average molecular weight is 280 g/mol. The summed E-state index contributed by atoms with van der Waals surface area (Å²) in [4.78, 5) is 7.77. The standard InChI is InChI=1S/C12H10F2N4S/c1-6-2-3-17-12(18-6)19-10-8(13)4-7(11(15)16)5-9(10)14/h2-5H,1H3,(H3,15,16). The molecule has 7 heteroatoms. The molecule has 2 aromatic rings. The Morgan fingerprint density at radius 2 is 1.95 bits per heavy atom. The lowest BCUT2D eigenvalue weighted by molar-refractivity contribution is 0.539. The summed E-state index contributed by atoms with van der Waals surface area (Å²) in [5.41, 5.74) is 5.90. The smallest absolute Gasteiger partial charge is 0.192 e. The molecule has 0 aliphatic rings. The Labute approximate surface area is 112 Å². The fourth-order valence-corrected chi connectivity index (χ4v) is 2.18. The van der Waals surface area contributed by atoms with E-state index >= 15 is 0 Å². The molecule has 0 unspecified atom stereocenters. The minimum Gasteiger partial charge on any atom is -0.384 e. The molecule has 4 nitrogen and oxygen atoms in total. The number of nitrogens with zero attached hydrogens (tertiary/aromatic N) is 2. The molecule has 0 saturated carbocycles. The van der Waals surface area contributed by atoms with Crippen LogP contribution in [0.15, 0.2) is 34.4 Å². The first kappa shape index (κ1) is 13.4. The van der Waals surface area contributed by atoms with Crippen molar-refractivity contribution in [3.05, 3.63) is 47.3 Å². The summed E-state index contributed by atoms with van der Waals surface area (Å²) in [5, 5.41) is 7.42. The zero-order chi connectivity index (χ0) is 14.0. The molecule has 3 N–H and O–H groups in total. The predicted molar refractivity (Wildman–Crippen MR) is 68.3 cm³/mol. The molecule has 98 valence electrons. The Balaban J connectivity index is 2.38. The lowest BCUT2D eigenvalue weighted by Crippen LogP contribution is -2.12. The molecule has 2 rings (SSSR count). The van der Waals surface area contributed by atoms with Gasteiger partial charge in [0, 0.05) is 17.5 Å². The van der Waals surface area contributed by atoms with Crippen LogP contribution in [0.3, 0.4) is 0 Å². The summed E-state index contributed by atoms with van der Waals surface area (Å²) >= 11 is 0.792. The second-order valence-electron chi connectivity index (χ2n) is 3.77. The molecular weight excluding hydrogens is 270 g/mol. The number of aryl methyl sites for hydroxylation is 1. The van der Waals surface area contributed by atoms with Crippen LogP contribution in [0.4, 0.5) is 8.78 Å². The van der Waals surface area contributed by atoms with Gasteiger partial charge in [-0.25, -0.2) is 18.7 Å². The fourth-order valence-electron chi connectivity index (χ4n) is 1.38. The SMILES string of the molecule is Cc1ccnc(Sc2c(F)cc(C(=N)N)cc2F)n1. The van der Waals surface area contributed by atoms with Crippen LogP contribution in [-0.2, 0) is 0 Å². The Morgan fingerprint density at radius 1 is 1.32 bits per heavy atom.